The second-order valence-electron chi connectivity index (χ2n) is 11.2. The summed E-state index contributed by atoms with van der Waals surface area (Å²) in [4.78, 5) is 15.3. The van der Waals surface area contributed by atoms with Gasteiger partial charge < -0.3 is 0 Å². The van der Waals surface area contributed by atoms with Gasteiger partial charge in [0.05, 0.1) is 21.3 Å². The number of fused-ring (bicyclic) bond motifs is 12. The lowest BCUT2D eigenvalue weighted by Crippen LogP contribution is -2.04. The fraction of sp³-hybridized carbons (Fsp3) is 0. The van der Waals surface area contributed by atoms with Crippen molar-refractivity contribution in [2.45, 2.75) is 0 Å². The summed E-state index contributed by atoms with van der Waals surface area (Å²) in [7, 11) is 0. The van der Waals surface area contributed by atoms with E-state index >= 15 is 0 Å². The van der Waals surface area contributed by atoms with Gasteiger partial charge in [0, 0.05) is 38.0 Å². The fourth-order valence-corrected chi connectivity index (χ4v) is 8.19. The summed E-state index contributed by atoms with van der Waals surface area (Å²) in [6.07, 6.45) is 1.82. The zero-order valence-corrected chi connectivity index (χ0v) is 24.2. The molecular weight excluding hydrogens is 557 g/mol. The summed E-state index contributed by atoms with van der Waals surface area (Å²) < 4.78 is 4.81. The number of nitrogens with zero attached hydrogens (tertiary/aromatic N) is 4. The molecule has 0 aliphatic carbocycles. The predicted octanol–water partition coefficient (Wildman–Crippen LogP) is 10.5. The van der Waals surface area contributed by atoms with E-state index in [4.69, 9.17) is 15.0 Å². The first-order valence-corrected chi connectivity index (χ1v) is 15.5. The molecule has 4 heterocycles. The third-order valence-corrected chi connectivity index (χ3v) is 9.99. The van der Waals surface area contributed by atoms with Gasteiger partial charge in [-0.3, -0.25) is 9.55 Å². The molecule has 0 bridgehead atoms. The zero-order valence-electron chi connectivity index (χ0n) is 23.4. The van der Waals surface area contributed by atoms with Crippen molar-refractivity contribution in [1.29, 1.82) is 0 Å². The fourth-order valence-electron chi connectivity index (χ4n) is 6.93. The van der Waals surface area contributed by atoms with Crippen molar-refractivity contribution < 1.29 is 0 Å². The Labute approximate surface area is 255 Å². The van der Waals surface area contributed by atoms with E-state index in [-0.39, 0.29) is 0 Å². The third kappa shape index (κ3) is 3.24. The van der Waals surface area contributed by atoms with Gasteiger partial charge in [0.25, 0.3) is 0 Å². The maximum absolute atomic E-state index is 5.36. The third-order valence-electron chi connectivity index (χ3n) is 8.82. The lowest BCUT2D eigenvalue weighted by atomic mass is 9.99. The Bertz CT molecular complexity index is 2790. The lowest BCUT2D eigenvalue weighted by molar-refractivity contribution is 1.01. The van der Waals surface area contributed by atoms with Crippen LogP contribution >= 0.6 is 11.3 Å². The number of pyridine rings is 1. The van der Waals surface area contributed by atoms with Crippen LogP contribution in [0.25, 0.3) is 91.8 Å². The van der Waals surface area contributed by atoms with Crippen LogP contribution in [0.3, 0.4) is 0 Å². The van der Waals surface area contributed by atoms with Crippen molar-refractivity contribution in [1.82, 2.24) is 19.5 Å². The van der Waals surface area contributed by atoms with Gasteiger partial charge in [0.2, 0.25) is 5.95 Å². The summed E-state index contributed by atoms with van der Waals surface area (Å²) in [6.45, 7) is 0. The summed E-state index contributed by atoms with van der Waals surface area (Å²) in [5.41, 5.74) is 5.70. The van der Waals surface area contributed by atoms with E-state index in [1.807, 2.05) is 29.7 Å². The van der Waals surface area contributed by atoms with Gasteiger partial charge in [0.1, 0.15) is 11.2 Å². The Hall–Kier alpha value is -5.65. The molecule has 0 unspecified atom stereocenters. The Balaban J connectivity index is 1.40. The van der Waals surface area contributed by atoms with Gasteiger partial charge in [-0.25, -0.2) is 9.97 Å². The quantitative estimate of drug-likeness (QED) is 0.205. The van der Waals surface area contributed by atoms with Gasteiger partial charge in [-0.2, -0.15) is 0 Å². The minimum atomic E-state index is 0.647. The molecular formula is C39H22N4S. The van der Waals surface area contributed by atoms with Crippen molar-refractivity contribution in [2.24, 2.45) is 0 Å². The van der Waals surface area contributed by atoms with Crippen molar-refractivity contribution >= 4 is 85.9 Å². The van der Waals surface area contributed by atoms with Crippen LogP contribution in [0.4, 0.5) is 0 Å². The van der Waals surface area contributed by atoms with Crippen LogP contribution in [0.1, 0.15) is 0 Å². The van der Waals surface area contributed by atoms with Gasteiger partial charge >= 0.3 is 0 Å². The summed E-state index contributed by atoms with van der Waals surface area (Å²) in [5.74, 6) is 0.647. The number of aromatic nitrogens is 4. The van der Waals surface area contributed by atoms with Crippen molar-refractivity contribution in [3.8, 4) is 17.2 Å². The number of benzene rings is 6. The van der Waals surface area contributed by atoms with Crippen LogP contribution in [-0.2, 0) is 0 Å². The molecule has 10 rings (SSSR count). The first-order valence-electron chi connectivity index (χ1n) is 14.7. The van der Waals surface area contributed by atoms with E-state index in [1.54, 1.807) is 0 Å². The maximum atomic E-state index is 5.36. The van der Waals surface area contributed by atoms with Gasteiger partial charge in [-0.1, -0.05) is 97.1 Å². The molecule has 4 nitrogen and oxygen atoms in total. The summed E-state index contributed by atoms with van der Waals surface area (Å²) in [6, 6.07) is 45.1. The minimum Gasteiger partial charge on any atom is -0.276 e. The molecule has 0 N–H and O–H groups in total. The molecule has 0 saturated carbocycles. The highest BCUT2D eigenvalue weighted by Gasteiger charge is 2.23. The molecule has 4 aromatic heterocycles. The highest BCUT2D eigenvalue weighted by atomic mass is 32.1. The molecule has 44 heavy (non-hydrogen) atoms. The second kappa shape index (κ2) is 8.93. The lowest BCUT2D eigenvalue weighted by Gasteiger charge is -2.12. The average Bonchev–Trinajstić information content (AvgIpc) is 3.65. The van der Waals surface area contributed by atoms with E-state index in [0.29, 0.717) is 5.95 Å². The largest absolute Gasteiger partial charge is 0.276 e. The van der Waals surface area contributed by atoms with E-state index in [0.717, 1.165) is 33.3 Å². The second-order valence-corrected chi connectivity index (χ2v) is 12.3. The molecule has 0 atom stereocenters. The molecule has 0 spiro atoms. The predicted molar refractivity (Wildman–Crippen MR) is 185 cm³/mol. The highest BCUT2D eigenvalue weighted by Crippen LogP contribution is 2.47. The number of thiophene rings is 1. The summed E-state index contributed by atoms with van der Waals surface area (Å²) in [5, 5.41) is 9.88. The molecule has 0 radical (unpaired) electrons. The Kier molecular flexibility index (Phi) is 4.84. The van der Waals surface area contributed by atoms with Crippen LogP contribution < -0.4 is 0 Å². The number of hydrogen-bond acceptors (Lipinski definition) is 4. The van der Waals surface area contributed by atoms with Crippen LogP contribution in [0.5, 0.6) is 0 Å². The Morgan fingerprint density at radius 3 is 2.18 bits per heavy atom. The molecule has 0 aliphatic heterocycles. The first kappa shape index (κ1) is 23.9. The standard InChI is InChI=1S/C39H22N4S/c1-2-11-24-22-25(20-19-23(24)10-1)35-36-30(16-9-21-40-36)41-39(42-35)43-31-17-7-5-14-28(31)33-26-12-3-4-13-27(26)34-29-15-6-8-18-32(29)44-38(34)37(33)43/h1-22H. The molecule has 204 valence electrons. The number of para-hydroxylation sites is 1. The van der Waals surface area contributed by atoms with Crippen molar-refractivity contribution in [3.63, 3.8) is 0 Å². The van der Waals surface area contributed by atoms with Crippen molar-refractivity contribution in [3.05, 3.63) is 134 Å². The monoisotopic (exact) mass is 578 g/mol. The topological polar surface area (TPSA) is 43.6 Å². The molecule has 6 aromatic carbocycles. The summed E-state index contributed by atoms with van der Waals surface area (Å²) >= 11 is 1.85. The van der Waals surface area contributed by atoms with Crippen molar-refractivity contribution in [2.75, 3.05) is 0 Å². The Morgan fingerprint density at radius 1 is 0.568 bits per heavy atom. The SMILES string of the molecule is c1ccc2cc(-c3nc(-n4c5ccccc5c5c6ccccc6c6c7ccccc7sc6c54)nc4cccnc34)ccc2c1. The highest BCUT2D eigenvalue weighted by molar-refractivity contribution is 7.27. The molecule has 5 heteroatoms. The van der Waals surface area contributed by atoms with Crippen LogP contribution in [0.2, 0.25) is 0 Å². The smallest absolute Gasteiger partial charge is 0.235 e. The number of rotatable bonds is 2. The van der Waals surface area contributed by atoms with Crippen LogP contribution in [0, 0.1) is 0 Å². The first-order chi connectivity index (χ1) is 21.8. The Morgan fingerprint density at radius 2 is 1.30 bits per heavy atom. The van der Waals surface area contributed by atoms with Gasteiger partial charge in [-0.15, -0.1) is 11.3 Å². The van der Waals surface area contributed by atoms with E-state index < -0.39 is 0 Å². The van der Waals surface area contributed by atoms with Gasteiger partial charge in [0.15, 0.2) is 0 Å². The molecule has 0 fully saturated rings. The van der Waals surface area contributed by atoms with Gasteiger partial charge in [-0.05, 0) is 51.9 Å². The minimum absolute atomic E-state index is 0.647. The molecule has 0 amide bonds. The van der Waals surface area contributed by atoms with E-state index in [2.05, 4.69) is 120 Å². The molecule has 0 aliphatic rings. The van der Waals surface area contributed by atoms with E-state index in [1.165, 1.54) is 52.5 Å². The maximum Gasteiger partial charge on any atom is 0.235 e. The normalized spacial score (nSPS) is 12.1. The zero-order chi connectivity index (χ0) is 28.8. The average molecular weight is 579 g/mol. The number of hydrogen-bond donors (Lipinski definition) is 0. The molecule has 0 saturated heterocycles. The van der Waals surface area contributed by atoms with Crippen LogP contribution in [0.15, 0.2) is 134 Å². The van der Waals surface area contributed by atoms with Crippen LogP contribution in [-0.4, -0.2) is 19.5 Å². The van der Waals surface area contributed by atoms with E-state index in [9.17, 15) is 0 Å². The molecule has 10 aromatic rings.